The topological polar surface area (TPSA) is 59.6 Å². The summed E-state index contributed by atoms with van der Waals surface area (Å²) in [5, 5.41) is 6.12. The van der Waals surface area contributed by atoms with Gasteiger partial charge in [-0.3, -0.25) is 4.79 Å². The van der Waals surface area contributed by atoms with Crippen LogP contribution in [0.15, 0.2) is 42.5 Å². The van der Waals surface area contributed by atoms with Gasteiger partial charge in [0.15, 0.2) is 11.5 Å². The molecule has 0 aliphatic heterocycles. The lowest BCUT2D eigenvalue weighted by atomic mass is 10.2. The Morgan fingerprint density at radius 3 is 2.48 bits per heavy atom. The highest BCUT2D eigenvalue weighted by Gasteiger charge is 2.07. The van der Waals surface area contributed by atoms with Crippen molar-refractivity contribution < 1.29 is 14.3 Å². The Labute approximate surface area is 136 Å². The van der Waals surface area contributed by atoms with Gasteiger partial charge < -0.3 is 20.1 Å². The summed E-state index contributed by atoms with van der Waals surface area (Å²) < 4.78 is 10.4. The van der Waals surface area contributed by atoms with E-state index in [0.717, 1.165) is 11.3 Å². The van der Waals surface area contributed by atoms with Crippen molar-refractivity contribution in [1.29, 1.82) is 0 Å². The molecule has 0 saturated heterocycles. The molecule has 0 aromatic heterocycles. The van der Waals surface area contributed by atoms with Crippen LogP contribution in [-0.2, 0) is 4.79 Å². The third kappa shape index (κ3) is 4.64. The van der Waals surface area contributed by atoms with Crippen LogP contribution in [-0.4, -0.2) is 26.7 Å². The number of anilines is 2. The monoisotopic (exact) mass is 314 g/mol. The maximum Gasteiger partial charge on any atom is 0.226 e. The number of nitrogens with one attached hydrogen (secondary N) is 2. The molecule has 23 heavy (non-hydrogen) atoms. The van der Waals surface area contributed by atoms with E-state index in [2.05, 4.69) is 10.6 Å². The van der Waals surface area contributed by atoms with Crippen LogP contribution in [0, 0.1) is 6.92 Å². The van der Waals surface area contributed by atoms with Crippen LogP contribution < -0.4 is 20.1 Å². The van der Waals surface area contributed by atoms with Crippen molar-refractivity contribution in [1.82, 2.24) is 0 Å². The summed E-state index contributed by atoms with van der Waals surface area (Å²) in [7, 11) is 3.14. The normalized spacial score (nSPS) is 10.0. The summed E-state index contributed by atoms with van der Waals surface area (Å²) in [6.07, 6.45) is 0.378. The Balaban J connectivity index is 1.86. The molecule has 0 bridgehead atoms. The average Bonchev–Trinajstić information content (AvgIpc) is 2.56. The van der Waals surface area contributed by atoms with E-state index >= 15 is 0 Å². The molecule has 0 fully saturated rings. The van der Waals surface area contributed by atoms with Gasteiger partial charge in [0.25, 0.3) is 0 Å². The first-order chi connectivity index (χ1) is 11.1. The quantitative estimate of drug-likeness (QED) is 0.822. The first kappa shape index (κ1) is 16.7. The zero-order chi connectivity index (χ0) is 16.7. The minimum absolute atomic E-state index is 0.0571. The highest BCUT2D eigenvalue weighted by Crippen LogP contribution is 2.29. The van der Waals surface area contributed by atoms with Gasteiger partial charge in [-0.15, -0.1) is 0 Å². The predicted octanol–water partition coefficient (Wildman–Crippen LogP) is 3.45. The molecular formula is C18H22N2O3. The molecule has 0 saturated carbocycles. The summed E-state index contributed by atoms with van der Waals surface area (Å²) in [4.78, 5) is 12.0. The zero-order valence-electron chi connectivity index (χ0n) is 13.7. The summed E-state index contributed by atoms with van der Waals surface area (Å²) in [6.45, 7) is 2.61. The van der Waals surface area contributed by atoms with Crippen LogP contribution in [0.1, 0.15) is 12.0 Å². The Kier molecular flexibility index (Phi) is 5.86. The van der Waals surface area contributed by atoms with Crippen LogP contribution in [0.2, 0.25) is 0 Å². The fourth-order valence-electron chi connectivity index (χ4n) is 2.22. The molecule has 0 radical (unpaired) electrons. The fraction of sp³-hybridized carbons (Fsp3) is 0.278. The van der Waals surface area contributed by atoms with E-state index in [-0.39, 0.29) is 5.91 Å². The number of carbonyl (C=O) groups excluding carboxylic acids is 1. The second-order valence-electron chi connectivity index (χ2n) is 5.11. The molecule has 5 heteroatoms. The van der Waals surface area contributed by atoms with Crippen molar-refractivity contribution >= 4 is 17.3 Å². The number of hydrogen-bond donors (Lipinski definition) is 2. The van der Waals surface area contributed by atoms with Crippen LogP contribution >= 0.6 is 0 Å². The number of ether oxygens (including phenoxy) is 2. The molecule has 2 N–H and O–H groups in total. The van der Waals surface area contributed by atoms with E-state index in [4.69, 9.17) is 9.47 Å². The van der Waals surface area contributed by atoms with Crippen LogP contribution in [0.5, 0.6) is 11.5 Å². The first-order valence-electron chi connectivity index (χ1n) is 7.45. The fourth-order valence-corrected chi connectivity index (χ4v) is 2.22. The Bertz CT molecular complexity index is 671. The number of hydrogen-bond acceptors (Lipinski definition) is 4. The van der Waals surface area contributed by atoms with Gasteiger partial charge in [-0.25, -0.2) is 0 Å². The lowest BCUT2D eigenvalue weighted by molar-refractivity contribution is -0.115. The van der Waals surface area contributed by atoms with Crippen molar-refractivity contribution in [2.75, 3.05) is 31.4 Å². The van der Waals surface area contributed by atoms with Gasteiger partial charge in [0.2, 0.25) is 5.91 Å². The Hall–Kier alpha value is -2.69. The number of rotatable bonds is 7. The molecule has 0 aliphatic carbocycles. The molecule has 0 spiro atoms. The SMILES string of the molecule is COc1ccc(NC(=O)CCNc2ccccc2C)cc1OC. The van der Waals surface area contributed by atoms with Crippen molar-refractivity contribution in [2.45, 2.75) is 13.3 Å². The highest BCUT2D eigenvalue weighted by molar-refractivity contribution is 5.91. The third-order valence-corrected chi connectivity index (χ3v) is 3.48. The van der Waals surface area contributed by atoms with E-state index in [1.54, 1.807) is 32.4 Å². The van der Waals surface area contributed by atoms with Gasteiger partial charge in [0.1, 0.15) is 0 Å². The Morgan fingerprint density at radius 2 is 1.78 bits per heavy atom. The van der Waals surface area contributed by atoms with Gasteiger partial charge in [0.05, 0.1) is 14.2 Å². The van der Waals surface area contributed by atoms with Crippen LogP contribution in [0.4, 0.5) is 11.4 Å². The molecule has 0 atom stereocenters. The van der Waals surface area contributed by atoms with E-state index < -0.39 is 0 Å². The number of benzene rings is 2. The average molecular weight is 314 g/mol. The van der Waals surface area contributed by atoms with Crippen molar-refractivity contribution in [3.05, 3.63) is 48.0 Å². The molecule has 0 unspecified atom stereocenters. The van der Waals surface area contributed by atoms with Crippen LogP contribution in [0.3, 0.4) is 0 Å². The molecule has 1 amide bonds. The highest BCUT2D eigenvalue weighted by atomic mass is 16.5. The Morgan fingerprint density at radius 1 is 1.04 bits per heavy atom. The molecule has 2 aromatic rings. The summed E-state index contributed by atoms with van der Waals surface area (Å²) >= 11 is 0. The minimum atomic E-state index is -0.0571. The number of methoxy groups -OCH3 is 2. The number of amides is 1. The zero-order valence-corrected chi connectivity index (χ0v) is 13.7. The summed E-state index contributed by atoms with van der Waals surface area (Å²) in [5.74, 6) is 1.16. The second-order valence-corrected chi connectivity index (χ2v) is 5.11. The second kappa shape index (κ2) is 8.08. The molecule has 0 heterocycles. The molecular weight excluding hydrogens is 292 g/mol. The maximum absolute atomic E-state index is 12.0. The standard InChI is InChI=1S/C18H22N2O3/c1-13-6-4-5-7-15(13)19-11-10-18(21)20-14-8-9-16(22-2)17(12-14)23-3/h4-9,12,19H,10-11H2,1-3H3,(H,20,21). The smallest absolute Gasteiger partial charge is 0.226 e. The largest absolute Gasteiger partial charge is 0.493 e. The van der Waals surface area contributed by atoms with Gasteiger partial charge >= 0.3 is 0 Å². The molecule has 2 aromatic carbocycles. The number of para-hydroxylation sites is 1. The lowest BCUT2D eigenvalue weighted by Gasteiger charge is -2.11. The molecule has 0 aliphatic rings. The van der Waals surface area contributed by atoms with Crippen molar-refractivity contribution in [3.63, 3.8) is 0 Å². The van der Waals surface area contributed by atoms with Crippen molar-refractivity contribution in [2.24, 2.45) is 0 Å². The van der Waals surface area contributed by atoms with Gasteiger partial charge in [0, 0.05) is 30.4 Å². The van der Waals surface area contributed by atoms with Crippen LogP contribution in [0.25, 0.3) is 0 Å². The van der Waals surface area contributed by atoms with Gasteiger partial charge in [-0.05, 0) is 30.7 Å². The third-order valence-electron chi connectivity index (χ3n) is 3.48. The molecule has 122 valence electrons. The number of carbonyl (C=O) groups is 1. The van der Waals surface area contributed by atoms with E-state index in [0.29, 0.717) is 30.2 Å². The van der Waals surface area contributed by atoms with Crippen molar-refractivity contribution in [3.8, 4) is 11.5 Å². The van der Waals surface area contributed by atoms with Gasteiger partial charge in [-0.2, -0.15) is 0 Å². The summed E-state index contributed by atoms with van der Waals surface area (Å²) in [6, 6.07) is 13.3. The van der Waals surface area contributed by atoms with E-state index in [9.17, 15) is 4.79 Å². The predicted molar refractivity (Wildman–Crippen MR) is 92.5 cm³/mol. The molecule has 5 nitrogen and oxygen atoms in total. The lowest BCUT2D eigenvalue weighted by Crippen LogP contribution is -2.16. The van der Waals surface area contributed by atoms with E-state index in [1.165, 1.54) is 0 Å². The summed E-state index contributed by atoms with van der Waals surface area (Å²) in [5.41, 5.74) is 2.89. The first-order valence-corrected chi connectivity index (χ1v) is 7.45. The maximum atomic E-state index is 12.0. The minimum Gasteiger partial charge on any atom is -0.493 e. The van der Waals surface area contributed by atoms with Gasteiger partial charge in [-0.1, -0.05) is 18.2 Å². The number of aryl methyl sites for hydroxylation is 1. The molecule has 2 rings (SSSR count). The van der Waals surface area contributed by atoms with E-state index in [1.807, 2.05) is 31.2 Å².